The van der Waals surface area contributed by atoms with Gasteiger partial charge in [0.25, 0.3) is 5.56 Å². The van der Waals surface area contributed by atoms with Crippen LogP contribution in [0.4, 0.5) is 4.39 Å². The molecule has 1 aromatic heterocycles. The van der Waals surface area contributed by atoms with Crippen LogP contribution in [0.5, 0.6) is 0 Å². The highest BCUT2D eigenvalue weighted by molar-refractivity contribution is 6.34. The van der Waals surface area contributed by atoms with Crippen LogP contribution in [0.2, 0.25) is 5.02 Å². The first-order valence-electron chi connectivity index (χ1n) is 5.78. The lowest BCUT2D eigenvalue weighted by Gasteiger charge is -2.07. The Kier molecular flexibility index (Phi) is 2.91. The number of aromatic amines is 1. The number of nitrogens with one attached hydrogen (secondary N) is 1. The van der Waals surface area contributed by atoms with Crippen LogP contribution in [-0.2, 0) is 0 Å². The molecule has 3 aromatic rings. The normalized spacial score (nSPS) is 10.9. The molecule has 100 valence electrons. The second-order valence-corrected chi connectivity index (χ2v) is 4.59. The van der Waals surface area contributed by atoms with E-state index in [1.807, 2.05) is 0 Å². The van der Waals surface area contributed by atoms with Gasteiger partial charge in [-0.1, -0.05) is 29.8 Å². The van der Waals surface area contributed by atoms with E-state index >= 15 is 0 Å². The number of halogens is 2. The maximum Gasteiger partial charge on any atom is 0.333 e. The minimum absolute atomic E-state index is 0.0966. The summed E-state index contributed by atoms with van der Waals surface area (Å²) in [4.78, 5) is 26.9. The molecule has 0 aliphatic heterocycles. The largest absolute Gasteiger partial charge is 0.333 e. The quantitative estimate of drug-likeness (QED) is 0.748. The molecule has 3 rings (SSSR count). The van der Waals surface area contributed by atoms with Gasteiger partial charge in [-0.15, -0.1) is 0 Å². The van der Waals surface area contributed by atoms with Gasteiger partial charge >= 0.3 is 5.69 Å². The SMILES string of the molecule is O=c1[nH]c2c(Cl)cccc2c(=O)n1-c1ccccc1F. The molecule has 0 fully saturated rings. The molecule has 1 N–H and O–H groups in total. The monoisotopic (exact) mass is 290 g/mol. The average Bonchev–Trinajstić information content (AvgIpc) is 2.42. The predicted octanol–water partition coefficient (Wildman–Crippen LogP) is 2.47. The van der Waals surface area contributed by atoms with Gasteiger partial charge in [0.15, 0.2) is 0 Å². The van der Waals surface area contributed by atoms with Gasteiger partial charge in [0.05, 0.1) is 21.6 Å². The van der Waals surface area contributed by atoms with Crippen LogP contribution >= 0.6 is 11.6 Å². The van der Waals surface area contributed by atoms with Gasteiger partial charge in [-0.2, -0.15) is 0 Å². The van der Waals surface area contributed by atoms with E-state index in [1.54, 1.807) is 18.2 Å². The maximum absolute atomic E-state index is 13.8. The van der Waals surface area contributed by atoms with Crippen LogP contribution in [-0.4, -0.2) is 9.55 Å². The molecule has 0 amide bonds. The number of benzene rings is 2. The second-order valence-electron chi connectivity index (χ2n) is 4.18. The van der Waals surface area contributed by atoms with E-state index in [-0.39, 0.29) is 21.6 Å². The van der Waals surface area contributed by atoms with Crippen molar-refractivity contribution in [1.29, 1.82) is 0 Å². The lowest BCUT2D eigenvalue weighted by atomic mass is 10.2. The van der Waals surface area contributed by atoms with Crippen molar-refractivity contribution in [2.24, 2.45) is 0 Å². The molecule has 0 saturated carbocycles. The molecule has 0 saturated heterocycles. The molecule has 0 aliphatic carbocycles. The van der Waals surface area contributed by atoms with Gasteiger partial charge in [-0.05, 0) is 24.3 Å². The Balaban J connectivity index is 2.48. The minimum Gasteiger partial charge on any atom is -0.305 e. The van der Waals surface area contributed by atoms with Crippen molar-refractivity contribution in [3.8, 4) is 5.69 Å². The lowest BCUT2D eigenvalue weighted by molar-refractivity contribution is 0.613. The minimum atomic E-state index is -0.735. The van der Waals surface area contributed by atoms with Gasteiger partial charge in [-0.25, -0.2) is 13.8 Å². The van der Waals surface area contributed by atoms with Crippen LogP contribution in [0.25, 0.3) is 16.6 Å². The van der Waals surface area contributed by atoms with Crippen molar-refractivity contribution in [3.63, 3.8) is 0 Å². The lowest BCUT2D eigenvalue weighted by Crippen LogP contribution is -2.34. The van der Waals surface area contributed by atoms with E-state index in [4.69, 9.17) is 11.6 Å². The fourth-order valence-electron chi connectivity index (χ4n) is 2.06. The Morgan fingerprint density at radius 3 is 2.55 bits per heavy atom. The van der Waals surface area contributed by atoms with Crippen LogP contribution in [0.1, 0.15) is 0 Å². The zero-order valence-corrected chi connectivity index (χ0v) is 10.8. The summed E-state index contributed by atoms with van der Waals surface area (Å²) in [7, 11) is 0. The van der Waals surface area contributed by atoms with Crippen molar-refractivity contribution < 1.29 is 4.39 Å². The van der Waals surface area contributed by atoms with E-state index in [9.17, 15) is 14.0 Å². The Labute approximate surface area is 117 Å². The standard InChI is InChI=1S/C14H8ClFN2O2/c15-9-5-3-4-8-12(9)17-14(20)18(13(8)19)11-7-2-1-6-10(11)16/h1-7H,(H,17,20). The molecule has 6 heteroatoms. The topological polar surface area (TPSA) is 54.9 Å². The van der Waals surface area contributed by atoms with E-state index < -0.39 is 17.1 Å². The molecule has 0 unspecified atom stereocenters. The number of fused-ring (bicyclic) bond motifs is 1. The zero-order valence-electron chi connectivity index (χ0n) is 10.1. The molecule has 4 nitrogen and oxygen atoms in total. The Morgan fingerprint density at radius 1 is 1.05 bits per heavy atom. The predicted molar refractivity (Wildman–Crippen MR) is 75.1 cm³/mol. The second kappa shape index (κ2) is 4.61. The summed E-state index contributed by atoms with van der Waals surface area (Å²) in [5, 5.41) is 0.484. The number of nitrogens with zero attached hydrogens (tertiary/aromatic N) is 1. The summed E-state index contributed by atoms with van der Waals surface area (Å²) < 4.78 is 14.5. The van der Waals surface area contributed by atoms with Crippen LogP contribution < -0.4 is 11.2 Å². The molecule has 0 radical (unpaired) electrons. The highest BCUT2D eigenvalue weighted by atomic mass is 35.5. The van der Waals surface area contributed by atoms with Gasteiger partial charge in [0, 0.05) is 0 Å². The molecule has 0 spiro atoms. The van der Waals surface area contributed by atoms with Crippen LogP contribution in [0, 0.1) is 5.82 Å². The smallest absolute Gasteiger partial charge is 0.305 e. The molecule has 20 heavy (non-hydrogen) atoms. The molecular weight excluding hydrogens is 283 g/mol. The highest BCUT2D eigenvalue weighted by Gasteiger charge is 2.13. The van der Waals surface area contributed by atoms with E-state index in [1.165, 1.54) is 24.3 Å². The fraction of sp³-hybridized carbons (Fsp3) is 0. The molecule has 0 atom stereocenters. The fourth-order valence-corrected chi connectivity index (χ4v) is 2.28. The van der Waals surface area contributed by atoms with E-state index in [0.717, 1.165) is 4.57 Å². The molecule has 1 heterocycles. The summed E-state index contributed by atoms with van der Waals surface area (Å²) in [5.74, 6) is -0.651. The Bertz CT molecular complexity index is 930. The summed E-state index contributed by atoms with van der Waals surface area (Å²) in [5.41, 5.74) is -1.20. The third-order valence-electron chi connectivity index (χ3n) is 2.98. The average molecular weight is 291 g/mol. The van der Waals surface area contributed by atoms with Crippen molar-refractivity contribution in [3.05, 3.63) is 74.1 Å². The Hall–Kier alpha value is -2.40. The number of hydrogen-bond donors (Lipinski definition) is 1. The molecular formula is C14H8ClFN2O2. The third kappa shape index (κ3) is 1.83. The highest BCUT2D eigenvalue weighted by Crippen LogP contribution is 2.18. The van der Waals surface area contributed by atoms with Crippen LogP contribution in [0.3, 0.4) is 0 Å². The van der Waals surface area contributed by atoms with Gasteiger partial charge < -0.3 is 4.98 Å². The molecule has 2 aromatic carbocycles. The summed E-state index contributed by atoms with van der Waals surface area (Å²) in [6, 6.07) is 10.3. The van der Waals surface area contributed by atoms with Crippen molar-refractivity contribution in [2.75, 3.05) is 0 Å². The van der Waals surface area contributed by atoms with Gasteiger partial charge in [0.2, 0.25) is 0 Å². The van der Waals surface area contributed by atoms with Gasteiger partial charge in [-0.3, -0.25) is 4.79 Å². The van der Waals surface area contributed by atoms with Crippen molar-refractivity contribution >= 4 is 22.5 Å². The summed E-state index contributed by atoms with van der Waals surface area (Å²) in [6.07, 6.45) is 0. The summed E-state index contributed by atoms with van der Waals surface area (Å²) >= 11 is 5.94. The van der Waals surface area contributed by atoms with Gasteiger partial charge in [0.1, 0.15) is 5.82 Å². The number of para-hydroxylation sites is 2. The number of hydrogen-bond acceptors (Lipinski definition) is 2. The molecule has 0 bridgehead atoms. The van der Waals surface area contributed by atoms with Crippen LogP contribution in [0.15, 0.2) is 52.1 Å². The van der Waals surface area contributed by atoms with E-state index in [2.05, 4.69) is 4.98 Å². The first kappa shape index (κ1) is 12.6. The van der Waals surface area contributed by atoms with Crippen molar-refractivity contribution in [2.45, 2.75) is 0 Å². The maximum atomic E-state index is 13.8. The van der Waals surface area contributed by atoms with E-state index in [0.29, 0.717) is 0 Å². The number of rotatable bonds is 1. The Morgan fingerprint density at radius 2 is 1.80 bits per heavy atom. The molecule has 0 aliphatic rings. The summed E-state index contributed by atoms with van der Waals surface area (Å²) in [6.45, 7) is 0. The number of H-pyrrole nitrogens is 1. The first-order valence-corrected chi connectivity index (χ1v) is 6.16. The first-order chi connectivity index (χ1) is 9.59. The zero-order chi connectivity index (χ0) is 14.3. The van der Waals surface area contributed by atoms with Crippen molar-refractivity contribution in [1.82, 2.24) is 9.55 Å². The third-order valence-corrected chi connectivity index (χ3v) is 3.29. The number of aromatic nitrogens is 2.